The van der Waals surface area contributed by atoms with Gasteiger partial charge in [0, 0.05) is 30.7 Å². The van der Waals surface area contributed by atoms with Crippen molar-refractivity contribution in [3.8, 4) is 0 Å². The van der Waals surface area contributed by atoms with Crippen LogP contribution in [-0.2, 0) is 11.2 Å². The number of rotatable bonds is 4. The standard InChI is InChI=1S/C11H14BrNO/c1-13(2)11-7-3-6-10(12)9(11)5-4-8-14/h3,6-8H,4-5H2,1-2H3. The molecule has 14 heavy (non-hydrogen) atoms. The number of hydrogen-bond acceptors (Lipinski definition) is 2. The summed E-state index contributed by atoms with van der Waals surface area (Å²) >= 11 is 3.50. The highest BCUT2D eigenvalue weighted by atomic mass is 79.9. The number of aldehydes is 1. The van der Waals surface area contributed by atoms with E-state index in [0.717, 1.165) is 17.2 Å². The third-order valence-electron chi connectivity index (χ3n) is 2.09. The smallest absolute Gasteiger partial charge is 0.120 e. The normalized spacial score (nSPS) is 9.93. The van der Waals surface area contributed by atoms with Crippen LogP contribution < -0.4 is 4.90 Å². The SMILES string of the molecule is CN(C)c1cccc(Br)c1CCC=O. The van der Waals surface area contributed by atoms with Crippen molar-refractivity contribution in [3.63, 3.8) is 0 Å². The second kappa shape index (κ2) is 5.15. The van der Waals surface area contributed by atoms with Crippen molar-refractivity contribution in [3.05, 3.63) is 28.2 Å². The molecule has 0 atom stereocenters. The summed E-state index contributed by atoms with van der Waals surface area (Å²) in [5.74, 6) is 0. The van der Waals surface area contributed by atoms with E-state index in [4.69, 9.17) is 0 Å². The summed E-state index contributed by atoms with van der Waals surface area (Å²) in [6, 6.07) is 6.07. The van der Waals surface area contributed by atoms with Crippen molar-refractivity contribution < 1.29 is 4.79 Å². The molecule has 0 amide bonds. The Bertz CT molecular complexity index is 323. The molecule has 0 aliphatic carbocycles. The highest BCUT2D eigenvalue weighted by Gasteiger charge is 2.07. The number of anilines is 1. The first-order valence-electron chi connectivity index (χ1n) is 4.55. The Balaban J connectivity index is 3.02. The summed E-state index contributed by atoms with van der Waals surface area (Å²) in [6.07, 6.45) is 2.32. The molecule has 0 aromatic heterocycles. The second-order valence-corrected chi connectivity index (χ2v) is 4.19. The van der Waals surface area contributed by atoms with Crippen molar-refractivity contribution in [1.29, 1.82) is 0 Å². The van der Waals surface area contributed by atoms with Gasteiger partial charge < -0.3 is 9.69 Å². The Kier molecular flexibility index (Phi) is 4.14. The Morgan fingerprint density at radius 3 is 2.71 bits per heavy atom. The van der Waals surface area contributed by atoms with Gasteiger partial charge in [-0.3, -0.25) is 0 Å². The third kappa shape index (κ3) is 2.58. The van der Waals surface area contributed by atoms with Crippen molar-refractivity contribution in [2.24, 2.45) is 0 Å². The first-order valence-corrected chi connectivity index (χ1v) is 5.34. The lowest BCUT2D eigenvalue weighted by Crippen LogP contribution is -2.11. The van der Waals surface area contributed by atoms with Gasteiger partial charge in [0.1, 0.15) is 6.29 Å². The molecule has 0 fully saturated rings. The molecule has 0 N–H and O–H groups in total. The van der Waals surface area contributed by atoms with Crippen LogP contribution >= 0.6 is 15.9 Å². The van der Waals surface area contributed by atoms with E-state index in [-0.39, 0.29) is 0 Å². The quantitative estimate of drug-likeness (QED) is 0.772. The van der Waals surface area contributed by atoms with Gasteiger partial charge in [-0.1, -0.05) is 22.0 Å². The summed E-state index contributed by atoms with van der Waals surface area (Å²) < 4.78 is 1.07. The lowest BCUT2D eigenvalue weighted by Gasteiger charge is -2.18. The van der Waals surface area contributed by atoms with Gasteiger partial charge in [-0.2, -0.15) is 0 Å². The number of nitrogens with zero attached hydrogens (tertiary/aromatic N) is 1. The summed E-state index contributed by atoms with van der Waals surface area (Å²) in [5.41, 5.74) is 2.37. The summed E-state index contributed by atoms with van der Waals surface area (Å²) in [7, 11) is 4.01. The molecular formula is C11H14BrNO. The van der Waals surface area contributed by atoms with Crippen molar-refractivity contribution in [2.45, 2.75) is 12.8 Å². The van der Waals surface area contributed by atoms with Gasteiger partial charge in [-0.25, -0.2) is 0 Å². The molecule has 0 aliphatic rings. The lowest BCUT2D eigenvalue weighted by molar-refractivity contribution is -0.107. The maximum atomic E-state index is 10.3. The molecule has 0 bridgehead atoms. The van der Waals surface area contributed by atoms with Crippen LogP contribution in [0.3, 0.4) is 0 Å². The summed E-state index contributed by atoms with van der Waals surface area (Å²) in [5, 5.41) is 0. The maximum Gasteiger partial charge on any atom is 0.120 e. The van der Waals surface area contributed by atoms with Gasteiger partial charge in [-0.05, 0) is 24.1 Å². The van der Waals surface area contributed by atoms with Crippen LogP contribution in [0.25, 0.3) is 0 Å². The molecule has 0 unspecified atom stereocenters. The lowest BCUT2D eigenvalue weighted by atomic mass is 10.1. The molecule has 1 aromatic carbocycles. The van der Waals surface area contributed by atoms with Crippen molar-refractivity contribution >= 4 is 27.9 Å². The van der Waals surface area contributed by atoms with Crippen LogP contribution in [0.1, 0.15) is 12.0 Å². The molecule has 0 radical (unpaired) electrons. The van der Waals surface area contributed by atoms with Crippen LogP contribution in [0.15, 0.2) is 22.7 Å². The summed E-state index contributed by atoms with van der Waals surface area (Å²) in [6.45, 7) is 0. The van der Waals surface area contributed by atoms with Crippen molar-refractivity contribution in [1.82, 2.24) is 0 Å². The van der Waals surface area contributed by atoms with Crippen LogP contribution in [-0.4, -0.2) is 20.4 Å². The van der Waals surface area contributed by atoms with E-state index < -0.39 is 0 Å². The Labute approximate surface area is 93.0 Å². The molecule has 0 spiro atoms. The fourth-order valence-electron chi connectivity index (χ4n) is 1.42. The first kappa shape index (κ1) is 11.2. The number of carbonyl (C=O) groups excluding carboxylic acids is 1. The van der Waals surface area contributed by atoms with E-state index >= 15 is 0 Å². The Morgan fingerprint density at radius 2 is 2.14 bits per heavy atom. The molecule has 0 saturated carbocycles. The predicted octanol–water partition coefficient (Wildman–Crippen LogP) is 2.65. The molecule has 0 aliphatic heterocycles. The van der Waals surface area contributed by atoms with Crippen LogP contribution in [0, 0.1) is 0 Å². The van der Waals surface area contributed by atoms with Gasteiger partial charge in [0.2, 0.25) is 0 Å². The maximum absolute atomic E-state index is 10.3. The molecule has 1 aromatic rings. The van der Waals surface area contributed by atoms with Crippen molar-refractivity contribution in [2.75, 3.05) is 19.0 Å². The van der Waals surface area contributed by atoms with Gasteiger partial charge in [0.15, 0.2) is 0 Å². The fraction of sp³-hybridized carbons (Fsp3) is 0.364. The van der Waals surface area contributed by atoms with E-state index in [1.165, 1.54) is 11.3 Å². The second-order valence-electron chi connectivity index (χ2n) is 3.34. The number of benzene rings is 1. The molecule has 2 nitrogen and oxygen atoms in total. The molecule has 76 valence electrons. The van der Waals surface area contributed by atoms with Gasteiger partial charge >= 0.3 is 0 Å². The number of carbonyl (C=O) groups is 1. The molecule has 1 rings (SSSR count). The largest absolute Gasteiger partial charge is 0.377 e. The zero-order valence-electron chi connectivity index (χ0n) is 8.46. The molecule has 0 heterocycles. The Hall–Kier alpha value is -0.830. The van der Waals surface area contributed by atoms with E-state index in [1.807, 2.05) is 26.2 Å². The Morgan fingerprint density at radius 1 is 1.43 bits per heavy atom. The highest BCUT2D eigenvalue weighted by molar-refractivity contribution is 9.10. The van der Waals surface area contributed by atoms with Crippen LogP contribution in [0.4, 0.5) is 5.69 Å². The molecule has 3 heteroatoms. The minimum absolute atomic E-state index is 0.573. The average Bonchev–Trinajstić information content (AvgIpc) is 2.15. The monoisotopic (exact) mass is 255 g/mol. The highest BCUT2D eigenvalue weighted by Crippen LogP contribution is 2.27. The van der Waals surface area contributed by atoms with Gasteiger partial charge in [0.25, 0.3) is 0 Å². The molecule has 0 saturated heterocycles. The third-order valence-corrected chi connectivity index (χ3v) is 2.83. The van der Waals surface area contributed by atoms with Gasteiger partial charge in [0.05, 0.1) is 0 Å². The number of hydrogen-bond donors (Lipinski definition) is 0. The molecular weight excluding hydrogens is 242 g/mol. The minimum atomic E-state index is 0.573. The van der Waals surface area contributed by atoms with Crippen LogP contribution in [0.5, 0.6) is 0 Å². The van der Waals surface area contributed by atoms with E-state index in [0.29, 0.717) is 6.42 Å². The topological polar surface area (TPSA) is 20.3 Å². The van der Waals surface area contributed by atoms with E-state index in [1.54, 1.807) is 0 Å². The van der Waals surface area contributed by atoms with Crippen LogP contribution in [0.2, 0.25) is 0 Å². The van der Waals surface area contributed by atoms with E-state index in [2.05, 4.69) is 26.9 Å². The number of halogens is 1. The van der Waals surface area contributed by atoms with Gasteiger partial charge in [-0.15, -0.1) is 0 Å². The fourth-order valence-corrected chi connectivity index (χ4v) is 1.97. The predicted molar refractivity (Wildman–Crippen MR) is 62.9 cm³/mol. The summed E-state index contributed by atoms with van der Waals surface area (Å²) in [4.78, 5) is 12.4. The zero-order chi connectivity index (χ0) is 10.6. The first-order chi connectivity index (χ1) is 6.66. The zero-order valence-corrected chi connectivity index (χ0v) is 10.0. The minimum Gasteiger partial charge on any atom is -0.377 e. The van der Waals surface area contributed by atoms with E-state index in [9.17, 15) is 4.79 Å². The average molecular weight is 256 g/mol.